The summed E-state index contributed by atoms with van der Waals surface area (Å²) < 4.78 is 7.54. The molecule has 0 aliphatic heterocycles. The zero-order valence-corrected chi connectivity index (χ0v) is 21.0. The van der Waals surface area contributed by atoms with E-state index in [0.717, 1.165) is 42.6 Å². The highest BCUT2D eigenvalue weighted by Crippen LogP contribution is 2.36. The number of imidazole rings is 1. The molecule has 196 valence electrons. The number of rotatable bonds is 8. The van der Waals surface area contributed by atoms with E-state index in [1.54, 1.807) is 24.7 Å². The number of hydrogen-bond donors (Lipinski definition) is 3. The zero-order valence-electron chi connectivity index (χ0n) is 21.0. The van der Waals surface area contributed by atoms with Gasteiger partial charge in [-0.25, -0.2) is 9.78 Å². The molecule has 0 saturated heterocycles. The SMILES string of the molecule is CC(=O)c1cc(C[C@H](NC(=O)c2ccc3c(c2)nc(-c2ccoc2)n3C2CCCCC2)C(=O)O)ccc1O. The number of carbonyl (C=O) groups excluding carboxylic acids is 2. The number of aromatic hydroxyl groups is 1. The fourth-order valence-corrected chi connectivity index (χ4v) is 5.21. The molecular weight excluding hydrogens is 486 g/mol. The van der Waals surface area contributed by atoms with Crippen LogP contribution in [0.1, 0.15) is 71.3 Å². The van der Waals surface area contributed by atoms with Crippen LogP contribution in [0.25, 0.3) is 22.4 Å². The average Bonchev–Trinajstić information content (AvgIpc) is 3.57. The van der Waals surface area contributed by atoms with Gasteiger partial charge in [0.1, 0.15) is 23.9 Å². The second kappa shape index (κ2) is 10.5. The lowest BCUT2D eigenvalue weighted by Gasteiger charge is -2.25. The highest BCUT2D eigenvalue weighted by molar-refractivity contribution is 6.00. The summed E-state index contributed by atoms with van der Waals surface area (Å²) in [6, 6.07) is 10.5. The number of phenolic OH excluding ortho intramolecular Hbond substituents is 1. The molecule has 9 heteroatoms. The van der Waals surface area contributed by atoms with Crippen molar-refractivity contribution in [3.05, 3.63) is 71.7 Å². The van der Waals surface area contributed by atoms with Gasteiger partial charge in [-0.15, -0.1) is 0 Å². The van der Waals surface area contributed by atoms with E-state index in [4.69, 9.17) is 9.40 Å². The minimum Gasteiger partial charge on any atom is -0.507 e. The topological polar surface area (TPSA) is 135 Å². The summed E-state index contributed by atoms with van der Waals surface area (Å²) in [6.07, 6.45) is 8.86. The van der Waals surface area contributed by atoms with E-state index in [0.29, 0.717) is 22.7 Å². The van der Waals surface area contributed by atoms with Crippen molar-refractivity contribution in [3.8, 4) is 17.1 Å². The molecule has 1 amide bonds. The molecule has 2 heterocycles. The number of carboxylic acids is 1. The summed E-state index contributed by atoms with van der Waals surface area (Å²) in [5, 5.41) is 22.2. The van der Waals surface area contributed by atoms with Crippen molar-refractivity contribution < 1.29 is 29.0 Å². The number of ketones is 1. The van der Waals surface area contributed by atoms with Crippen LogP contribution in [0.2, 0.25) is 0 Å². The Kier molecular flexibility index (Phi) is 7.00. The van der Waals surface area contributed by atoms with E-state index >= 15 is 0 Å². The standard InChI is InChI=1S/C29H29N3O6/c1-17(33)22-13-18(7-10-26(22)34)14-24(29(36)37)31-28(35)19-8-9-25-23(15-19)30-27(20-11-12-38-16-20)32(25)21-5-3-2-4-6-21/h7-13,15-16,21,24,34H,2-6,14H2,1H3,(H,31,35)(H,36,37)/t24-/m0/s1. The molecule has 0 bridgehead atoms. The summed E-state index contributed by atoms with van der Waals surface area (Å²) in [7, 11) is 0. The molecule has 3 N–H and O–H groups in total. The number of aromatic nitrogens is 2. The van der Waals surface area contributed by atoms with Gasteiger partial charge in [-0.05, 0) is 61.7 Å². The van der Waals surface area contributed by atoms with Gasteiger partial charge in [-0.1, -0.05) is 25.3 Å². The number of carbonyl (C=O) groups is 3. The lowest BCUT2D eigenvalue weighted by atomic mass is 9.95. The van der Waals surface area contributed by atoms with Crippen LogP contribution in [0.5, 0.6) is 5.75 Å². The van der Waals surface area contributed by atoms with Crippen LogP contribution in [0.4, 0.5) is 0 Å². The number of furan rings is 1. The van der Waals surface area contributed by atoms with Gasteiger partial charge in [0.25, 0.3) is 5.91 Å². The van der Waals surface area contributed by atoms with Crippen molar-refractivity contribution in [1.82, 2.24) is 14.9 Å². The van der Waals surface area contributed by atoms with Crippen LogP contribution >= 0.6 is 0 Å². The second-order valence-corrected chi connectivity index (χ2v) is 9.79. The van der Waals surface area contributed by atoms with E-state index in [1.165, 1.54) is 31.5 Å². The second-order valence-electron chi connectivity index (χ2n) is 9.79. The number of amides is 1. The predicted octanol–water partition coefficient (Wildman–Crippen LogP) is 5.14. The van der Waals surface area contributed by atoms with Gasteiger partial charge in [-0.3, -0.25) is 9.59 Å². The lowest BCUT2D eigenvalue weighted by molar-refractivity contribution is -0.139. The molecular formula is C29H29N3O6. The summed E-state index contributed by atoms with van der Waals surface area (Å²) >= 11 is 0. The van der Waals surface area contributed by atoms with Gasteiger partial charge in [-0.2, -0.15) is 0 Å². The molecule has 1 saturated carbocycles. The number of nitrogens with one attached hydrogen (secondary N) is 1. The number of carboxylic acid groups (broad SMARTS) is 1. The van der Waals surface area contributed by atoms with Gasteiger partial charge >= 0.3 is 5.97 Å². The number of benzene rings is 2. The maximum atomic E-state index is 13.1. The molecule has 2 aromatic carbocycles. The van der Waals surface area contributed by atoms with Crippen molar-refractivity contribution in [3.63, 3.8) is 0 Å². The van der Waals surface area contributed by atoms with Crippen LogP contribution < -0.4 is 5.32 Å². The molecule has 4 aromatic rings. The van der Waals surface area contributed by atoms with Crippen molar-refractivity contribution >= 4 is 28.7 Å². The molecule has 0 unspecified atom stereocenters. The van der Waals surface area contributed by atoms with Gasteiger partial charge in [0.2, 0.25) is 0 Å². The Labute approximate surface area is 219 Å². The number of hydrogen-bond acceptors (Lipinski definition) is 6. The van der Waals surface area contributed by atoms with E-state index < -0.39 is 17.9 Å². The number of nitrogens with zero attached hydrogens (tertiary/aromatic N) is 2. The smallest absolute Gasteiger partial charge is 0.326 e. The van der Waals surface area contributed by atoms with Crippen molar-refractivity contribution in [1.29, 1.82) is 0 Å². The highest BCUT2D eigenvalue weighted by Gasteiger charge is 2.25. The lowest BCUT2D eigenvalue weighted by Crippen LogP contribution is -2.42. The van der Waals surface area contributed by atoms with Crippen LogP contribution in [0.15, 0.2) is 59.4 Å². The van der Waals surface area contributed by atoms with Crippen LogP contribution in [-0.2, 0) is 11.2 Å². The first-order chi connectivity index (χ1) is 18.3. The molecule has 5 rings (SSSR count). The normalized spacial score (nSPS) is 14.9. The first-order valence-corrected chi connectivity index (χ1v) is 12.7. The van der Waals surface area contributed by atoms with Crippen molar-refractivity contribution in [2.24, 2.45) is 0 Å². The Morgan fingerprint density at radius 3 is 2.58 bits per heavy atom. The summed E-state index contributed by atoms with van der Waals surface area (Å²) in [4.78, 5) is 41.7. The Hall–Kier alpha value is -4.40. The largest absolute Gasteiger partial charge is 0.507 e. The highest BCUT2D eigenvalue weighted by atomic mass is 16.4. The molecule has 1 fully saturated rings. The Bertz CT molecular complexity index is 1500. The van der Waals surface area contributed by atoms with Gasteiger partial charge in [0, 0.05) is 18.0 Å². The van der Waals surface area contributed by atoms with Crippen LogP contribution in [0.3, 0.4) is 0 Å². The molecule has 0 radical (unpaired) electrons. The Balaban J connectivity index is 1.42. The van der Waals surface area contributed by atoms with Crippen LogP contribution in [-0.4, -0.2) is 43.5 Å². The maximum absolute atomic E-state index is 13.1. The van der Waals surface area contributed by atoms with E-state index in [1.807, 2.05) is 12.1 Å². The first-order valence-electron chi connectivity index (χ1n) is 12.7. The number of Topliss-reactive ketones (excluding diaryl/α,β-unsaturated/α-hetero) is 1. The maximum Gasteiger partial charge on any atom is 0.326 e. The molecule has 9 nitrogen and oxygen atoms in total. The summed E-state index contributed by atoms with van der Waals surface area (Å²) in [5.74, 6) is -1.47. The minimum atomic E-state index is -1.23. The molecule has 38 heavy (non-hydrogen) atoms. The third-order valence-electron chi connectivity index (χ3n) is 7.15. The molecule has 2 aromatic heterocycles. The van der Waals surface area contributed by atoms with E-state index in [2.05, 4.69) is 9.88 Å². The zero-order chi connectivity index (χ0) is 26.8. The fraction of sp³-hybridized carbons (Fsp3) is 0.310. The minimum absolute atomic E-state index is 0.0508. The van der Waals surface area contributed by atoms with E-state index in [9.17, 15) is 24.6 Å². The summed E-state index contributed by atoms with van der Waals surface area (Å²) in [6.45, 7) is 1.32. The third-order valence-corrected chi connectivity index (χ3v) is 7.15. The number of phenols is 1. The van der Waals surface area contributed by atoms with Gasteiger partial charge < -0.3 is 24.5 Å². The predicted molar refractivity (Wildman–Crippen MR) is 140 cm³/mol. The summed E-state index contributed by atoms with van der Waals surface area (Å²) in [5.41, 5.74) is 3.34. The molecule has 1 aliphatic rings. The molecule has 1 aliphatic carbocycles. The van der Waals surface area contributed by atoms with E-state index in [-0.39, 0.29) is 23.5 Å². The van der Waals surface area contributed by atoms with Gasteiger partial charge in [0.15, 0.2) is 5.78 Å². The van der Waals surface area contributed by atoms with Crippen LogP contribution in [0, 0.1) is 0 Å². The quantitative estimate of drug-likeness (QED) is 0.277. The Morgan fingerprint density at radius 1 is 1.11 bits per heavy atom. The number of aliphatic carboxylic acids is 1. The third kappa shape index (κ3) is 5.04. The monoisotopic (exact) mass is 515 g/mol. The fourth-order valence-electron chi connectivity index (χ4n) is 5.21. The van der Waals surface area contributed by atoms with Crippen molar-refractivity contribution in [2.75, 3.05) is 0 Å². The average molecular weight is 516 g/mol. The molecule has 0 spiro atoms. The first kappa shape index (κ1) is 25.3. The van der Waals surface area contributed by atoms with Crippen molar-refractivity contribution in [2.45, 2.75) is 57.5 Å². The molecule has 1 atom stereocenters. The van der Waals surface area contributed by atoms with Gasteiger partial charge in [0.05, 0.1) is 28.4 Å². The Morgan fingerprint density at radius 2 is 1.89 bits per heavy atom. The number of fused-ring (bicyclic) bond motifs is 1.